The summed E-state index contributed by atoms with van der Waals surface area (Å²) in [5.41, 5.74) is 0.459. The van der Waals surface area contributed by atoms with E-state index in [-0.39, 0.29) is 22.2 Å². The van der Waals surface area contributed by atoms with Gasteiger partial charge in [0.25, 0.3) is 5.91 Å². The molecule has 1 fully saturated rings. The molecule has 1 saturated heterocycles. The Morgan fingerprint density at radius 2 is 2.05 bits per heavy atom. The maximum atomic E-state index is 11.8. The van der Waals surface area contributed by atoms with Gasteiger partial charge < -0.3 is 5.32 Å². The molecule has 0 saturated carbocycles. The molecule has 2 rings (SSSR count). The Balaban J connectivity index is 1.90. The van der Waals surface area contributed by atoms with Crippen LogP contribution in [0.1, 0.15) is 16.8 Å². The molecule has 2 N–H and O–H groups in total. The minimum absolute atomic E-state index is 0.0584. The van der Waals surface area contributed by atoms with Gasteiger partial charge >= 0.3 is 0 Å². The molecule has 4 nitrogen and oxygen atoms in total. The Morgan fingerprint density at radius 1 is 1.37 bits per heavy atom. The third-order valence-corrected chi connectivity index (χ3v) is 4.05. The maximum absolute atomic E-state index is 11.8. The van der Waals surface area contributed by atoms with Crippen molar-refractivity contribution in [3.8, 4) is 0 Å². The van der Waals surface area contributed by atoms with E-state index < -0.39 is 0 Å². The number of thiocarbonyl (C=S) groups is 1. The number of carbonyl (C=O) groups is 2. The molecule has 1 aromatic carbocycles. The first-order valence-corrected chi connectivity index (χ1v) is 7.37. The predicted octanol–water partition coefficient (Wildman–Crippen LogP) is 1.98. The van der Waals surface area contributed by atoms with Crippen LogP contribution in [-0.2, 0) is 4.79 Å². The molecular weight excluding hydrogens is 304 g/mol. The molecule has 0 aromatic heterocycles. The molecule has 19 heavy (non-hydrogen) atoms. The summed E-state index contributed by atoms with van der Waals surface area (Å²) in [4.78, 5) is 23.3. The molecule has 0 aliphatic carbocycles. The molecule has 1 atom stereocenters. The van der Waals surface area contributed by atoms with Gasteiger partial charge in [0.15, 0.2) is 5.11 Å². The molecule has 1 amide bonds. The Morgan fingerprint density at radius 3 is 2.63 bits per heavy atom. The quantitative estimate of drug-likeness (QED) is 0.818. The van der Waals surface area contributed by atoms with Gasteiger partial charge in [-0.25, -0.2) is 0 Å². The van der Waals surface area contributed by atoms with Gasteiger partial charge in [0.05, 0.1) is 6.04 Å². The highest BCUT2D eigenvalue weighted by molar-refractivity contribution is 8.14. The summed E-state index contributed by atoms with van der Waals surface area (Å²) in [5, 5.41) is 6.17. The van der Waals surface area contributed by atoms with Crippen LogP contribution >= 0.6 is 35.6 Å². The SMILES string of the molecule is O=C(NC(=S)N[C@@H]1CCSC1=O)c1ccc(Cl)cc1. The van der Waals surface area contributed by atoms with E-state index >= 15 is 0 Å². The third kappa shape index (κ3) is 3.92. The van der Waals surface area contributed by atoms with Gasteiger partial charge in [-0.3, -0.25) is 14.9 Å². The molecule has 100 valence electrons. The molecule has 1 aliphatic rings. The van der Waals surface area contributed by atoms with Gasteiger partial charge in [-0.2, -0.15) is 0 Å². The van der Waals surface area contributed by atoms with Crippen LogP contribution < -0.4 is 10.6 Å². The molecule has 7 heteroatoms. The van der Waals surface area contributed by atoms with Gasteiger partial charge in [-0.1, -0.05) is 23.4 Å². The summed E-state index contributed by atoms with van der Waals surface area (Å²) in [6.45, 7) is 0. The fourth-order valence-electron chi connectivity index (χ4n) is 1.60. The number of carbonyl (C=O) groups excluding carboxylic acids is 2. The number of hydrogen-bond donors (Lipinski definition) is 2. The van der Waals surface area contributed by atoms with Crippen LogP contribution in [-0.4, -0.2) is 27.9 Å². The van der Waals surface area contributed by atoms with Gasteiger partial charge in [0, 0.05) is 16.3 Å². The predicted molar refractivity (Wildman–Crippen MR) is 80.5 cm³/mol. The fraction of sp³-hybridized carbons (Fsp3) is 0.250. The second-order valence-corrected chi connectivity index (χ2v) is 5.89. The average molecular weight is 315 g/mol. The zero-order valence-electron chi connectivity index (χ0n) is 9.81. The first-order valence-electron chi connectivity index (χ1n) is 5.60. The lowest BCUT2D eigenvalue weighted by atomic mass is 10.2. The third-order valence-electron chi connectivity index (χ3n) is 2.57. The monoisotopic (exact) mass is 314 g/mol. The Labute approximate surface area is 125 Å². The summed E-state index contributed by atoms with van der Waals surface area (Å²) >= 11 is 12.0. The van der Waals surface area contributed by atoms with Gasteiger partial charge in [0.1, 0.15) is 0 Å². The van der Waals surface area contributed by atoms with E-state index in [0.29, 0.717) is 10.6 Å². The summed E-state index contributed by atoms with van der Waals surface area (Å²) in [6, 6.07) is 6.17. The van der Waals surface area contributed by atoms with Crippen molar-refractivity contribution in [2.75, 3.05) is 5.75 Å². The topological polar surface area (TPSA) is 58.2 Å². The highest BCUT2D eigenvalue weighted by atomic mass is 35.5. The van der Waals surface area contributed by atoms with Gasteiger partial charge in [-0.15, -0.1) is 0 Å². The zero-order valence-corrected chi connectivity index (χ0v) is 12.2. The van der Waals surface area contributed by atoms with Crippen molar-refractivity contribution in [1.82, 2.24) is 10.6 Å². The van der Waals surface area contributed by atoms with Crippen molar-refractivity contribution in [3.05, 3.63) is 34.9 Å². The molecule has 0 unspecified atom stereocenters. The molecule has 0 spiro atoms. The van der Waals surface area contributed by atoms with E-state index in [1.807, 2.05) is 0 Å². The number of nitrogens with one attached hydrogen (secondary N) is 2. The fourth-order valence-corrected chi connectivity index (χ4v) is 2.89. The van der Waals surface area contributed by atoms with Crippen LogP contribution in [0.2, 0.25) is 5.02 Å². The van der Waals surface area contributed by atoms with E-state index in [2.05, 4.69) is 10.6 Å². The first-order chi connectivity index (χ1) is 9.06. The minimum Gasteiger partial charge on any atom is -0.352 e. The molecule has 0 radical (unpaired) electrons. The summed E-state index contributed by atoms with van der Waals surface area (Å²) < 4.78 is 0. The Bertz CT molecular complexity index is 519. The van der Waals surface area contributed by atoms with Crippen LogP contribution in [0.15, 0.2) is 24.3 Å². The molecule has 1 aromatic rings. The average Bonchev–Trinajstić information content (AvgIpc) is 2.75. The summed E-state index contributed by atoms with van der Waals surface area (Å²) in [6.07, 6.45) is 0.723. The Hall–Kier alpha value is -1.11. The van der Waals surface area contributed by atoms with Crippen molar-refractivity contribution in [2.24, 2.45) is 0 Å². The van der Waals surface area contributed by atoms with Crippen LogP contribution in [0.4, 0.5) is 0 Å². The smallest absolute Gasteiger partial charge is 0.257 e. The lowest BCUT2D eigenvalue weighted by Gasteiger charge is -2.13. The van der Waals surface area contributed by atoms with E-state index in [1.165, 1.54) is 11.8 Å². The van der Waals surface area contributed by atoms with Crippen molar-refractivity contribution in [2.45, 2.75) is 12.5 Å². The Kier molecular flexibility index (Phi) is 4.79. The van der Waals surface area contributed by atoms with Crippen molar-refractivity contribution in [1.29, 1.82) is 0 Å². The van der Waals surface area contributed by atoms with E-state index in [1.54, 1.807) is 24.3 Å². The number of rotatable bonds is 2. The van der Waals surface area contributed by atoms with E-state index in [0.717, 1.165) is 12.2 Å². The summed E-state index contributed by atoms with van der Waals surface area (Å²) in [7, 11) is 0. The molecule has 0 bridgehead atoms. The van der Waals surface area contributed by atoms with Crippen molar-refractivity contribution in [3.63, 3.8) is 0 Å². The largest absolute Gasteiger partial charge is 0.352 e. The van der Waals surface area contributed by atoms with Crippen LogP contribution in [0.5, 0.6) is 0 Å². The highest BCUT2D eigenvalue weighted by Gasteiger charge is 2.26. The van der Waals surface area contributed by atoms with Crippen LogP contribution in [0.3, 0.4) is 0 Å². The lowest BCUT2D eigenvalue weighted by molar-refractivity contribution is -0.111. The molecule has 1 aliphatic heterocycles. The van der Waals surface area contributed by atoms with Crippen LogP contribution in [0, 0.1) is 0 Å². The van der Waals surface area contributed by atoms with Crippen molar-refractivity contribution >= 4 is 51.7 Å². The van der Waals surface area contributed by atoms with Crippen LogP contribution in [0.25, 0.3) is 0 Å². The summed E-state index contributed by atoms with van der Waals surface area (Å²) in [5.74, 6) is 0.455. The lowest BCUT2D eigenvalue weighted by Crippen LogP contribution is -2.45. The highest BCUT2D eigenvalue weighted by Crippen LogP contribution is 2.19. The van der Waals surface area contributed by atoms with Gasteiger partial charge in [-0.05, 0) is 42.9 Å². The minimum atomic E-state index is -0.327. The molecular formula is C12H11ClN2O2S2. The van der Waals surface area contributed by atoms with E-state index in [4.69, 9.17) is 23.8 Å². The van der Waals surface area contributed by atoms with E-state index in [9.17, 15) is 9.59 Å². The standard InChI is InChI=1S/C12H11ClN2O2S2/c13-8-3-1-7(2-4-8)10(16)15-12(18)14-9-5-6-19-11(9)17/h1-4,9H,5-6H2,(H2,14,15,16,18)/t9-/m1/s1. The van der Waals surface area contributed by atoms with Gasteiger partial charge in [0.2, 0.25) is 5.12 Å². The second kappa shape index (κ2) is 6.36. The number of benzene rings is 1. The van der Waals surface area contributed by atoms with Crippen molar-refractivity contribution < 1.29 is 9.59 Å². The first kappa shape index (κ1) is 14.3. The number of halogens is 1. The number of hydrogen-bond acceptors (Lipinski definition) is 4. The normalized spacial score (nSPS) is 18.2. The maximum Gasteiger partial charge on any atom is 0.257 e. The molecule has 1 heterocycles. The second-order valence-electron chi connectivity index (χ2n) is 3.94. The number of thioether (sulfide) groups is 1. The number of amides is 1. The zero-order chi connectivity index (χ0) is 13.8.